The third-order valence-corrected chi connectivity index (χ3v) is 6.24. The van der Waals surface area contributed by atoms with Crippen LogP contribution in [-0.2, 0) is 9.59 Å². The molecule has 0 aromatic rings. The average Bonchev–Trinajstić information content (AvgIpc) is 2.71. The Morgan fingerprint density at radius 3 is 1.90 bits per heavy atom. The molecule has 2 rings (SSSR count). The number of rotatable bonds is 3. The van der Waals surface area contributed by atoms with Gasteiger partial charge in [0.25, 0.3) is 11.8 Å². The third-order valence-electron chi connectivity index (χ3n) is 3.89. The molecular formula is C15H23NO2S2. The smallest absolute Gasteiger partial charge is 0.265 e. The molecule has 1 aliphatic heterocycles. The Morgan fingerprint density at radius 2 is 1.35 bits per heavy atom. The number of nitrogens with one attached hydrogen (secondary N) is 1. The maximum atomic E-state index is 11.9. The quantitative estimate of drug-likeness (QED) is 0.804. The lowest BCUT2D eigenvalue weighted by Gasteiger charge is -2.18. The van der Waals surface area contributed by atoms with Gasteiger partial charge in [-0.3, -0.25) is 14.9 Å². The highest BCUT2D eigenvalue weighted by Gasteiger charge is 2.31. The van der Waals surface area contributed by atoms with Gasteiger partial charge in [-0.05, 0) is 19.1 Å². The number of carbonyl (C=O) groups excluding carboxylic acids is 2. The molecule has 0 aromatic heterocycles. The fourth-order valence-electron chi connectivity index (χ4n) is 2.77. The minimum atomic E-state index is -0.218. The standard InChI is InChI=1S/C15H23NO2S2/c1-19-12-13(15(18)16-14(12)17)20-11-9-7-5-3-2-4-6-8-10-11/h11H,2-10H2,1H3,(H,16,17,18). The fraction of sp³-hybridized carbons (Fsp3) is 0.733. The van der Waals surface area contributed by atoms with Crippen LogP contribution < -0.4 is 5.32 Å². The van der Waals surface area contributed by atoms with Gasteiger partial charge in [-0.2, -0.15) is 0 Å². The molecular weight excluding hydrogens is 290 g/mol. The first-order chi connectivity index (χ1) is 9.72. The number of carbonyl (C=O) groups is 2. The van der Waals surface area contributed by atoms with Crippen molar-refractivity contribution in [2.45, 2.75) is 63.0 Å². The molecule has 112 valence electrons. The molecule has 0 spiro atoms. The summed E-state index contributed by atoms with van der Waals surface area (Å²) in [6, 6.07) is 0. The summed E-state index contributed by atoms with van der Waals surface area (Å²) >= 11 is 3.02. The van der Waals surface area contributed by atoms with E-state index < -0.39 is 0 Å². The number of hydrogen-bond acceptors (Lipinski definition) is 4. The van der Waals surface area contributed by atoms with E-state index >= 15 is 0 Å². The Hall–Kier alpha value is -0.420. The van der Waals surface area contributed by atoms with Gasteiger partial charge in [0.2, 0.25) is 0 Å². The van der Waals surface area contributed by atoms with Gasteiger partial charge in [-0.1, -0.05) is 44.9 Å². The Kier molecular flexibility index (Phi) is 6.49. The van der Waals surface area contributed by atoms with Crippen molar-refractivity contribution in [2.75, 3.05) is 6.26 Å². The summed E-state index contributed by atoms with van der Waals surface area (Å²) in [4.78, 5) is 24.8. The van der Waals surface area contributed by atoms with Gasteiger partial charge in [0, 0.05) is 5.25 Å². The summed E-state index contributed by atoms with van der Waals surface area (Å²) in [7, 11) is 0. The minimum absolute atomic E-state index is 0.193. The van der Waals surface area contributed by atoms with Crippen LogP contribution in [-0.4, -0.2) is 23.3 Å². The zero-order valence-electron chi connectivity index (χ0n) is 12.1. The van der Waals surface area contributed by atoms with E-state index in [9.17, 15) is 9.59 Å². The van der Waals surface area contributed by atoms with E-state index in [1.807, 2.05) is 6.26 Å². The highest BCUT2D eigenvalue weighted by Crippen LogP contribution is 2.37. The summed E-state index contributed by atoms with van der Waals surface area (Å²) in [5.41, 5.74) is 0. The van der Waals surface area contributed by atoms with Crippen LogP contribution in [0.5, 0.6) is 0 Å². The van der Waals surface area contributed by atoms with Crippen molar-refractivity contribution >= 4 is 35.3 Å². The average molecular weight is 313 g/mol. The lowest BCUT2D eigenvalue weighted by Crippen LogP contribution is -2.22. The first-order valence-electron chi connectivity index (χ1n) is 7.53. The van der Waals surface area contributed by atoms with E-state index in [2.05, 4.69) is 5.32 Å². The predicted octanol–water partition coefficient (Wildman–Crippen LogP) is 3.84. The number of amides is 2. The monoisotopic (exact) mass is 313 g/mol. The van der Waals surface area contributed by atoms with E-state index in [0.29, 0.717) is 15.1 Å². The van der Waals surface area contributed by atoms with Crippen LogP contribution in [0.4, 0.5) is 0 Å². The first kappa shape index (κ1) is 16.0. The first-order valence-corrected chi connectivity index (χ1v) is 9.63. The van der Waals surface area contributed by atoms with Crippen LogP contribution in [0.3, 0.4) is 0 Å². The topological polar surface area (TPSA) is 46.2 Å². The molecule has 0 bridgehead atoms. The maximum absolute atomic E-state index is 11.9. The zero-order chi connectivity index (χ0) is 14.4. The molecule has 3 nitrogen and oxygen atoms in total. The lowest BCUT2D eigenvalue weighted by molar-refractivity contribution is -0.123. The predicted molar refractivity (Wildman–Crippen MR) is 86.6 cm³/mol. The van der Waals surface area contributed by atoms with Crippen LogP contribution in [0, 0.1) is 0 Å². The second-order valence-corrected chi connectivity index (χ2v) is 7.56. The van der Waals surface area contributed by atoms with E-state index in [0.717, 1.165) is 12.8 Å². The molecule has 2 aliphatic rings. The Bertz CT molecular complexity index is 397. The van der Waals surface area contributed by atoms with Gasteiger partial charge in [-0.15, -0.1) is 23.5 Å². The van der Waals surface area contributed by atoms with Gasteiger partial charge < -0.3 is 0 Å². The third kappa shape index (κ3) is 4.29. The lowest BCUT2D eigenvalue weighted by atomic mass is 10.0. The highest BCUT2D eigenvalue weighted by atomic mass is 32.2. The van der Waals surface area contributed by atoms with Crippen molar-refractivity contribution in [3.63, 3.8) is 0 Å². The largest absolute Gasteiger partial charge is 0.287 e. The molecule has 1 heterocycles. The second-order valence-electron chi connectivity index (χ2n) is 5.44. The van der Waals surface area contributed by atoms with Gasteiger partial charge in [0.05, 0.1) is 9.81 Å². The Balaban J connectivity index is 1.99. The molecule has 1 N–H and O–H groups in total. The molecule has 1 saturated carbocycles. The SMILES string of the molecule is CSC1=C(SC2CCCCCCCCC2)C(=O)NC1=O. The molecule has 0 unspecified atom stereocenters. The van der Waals surface area contributed by atoms with Gasteiger partial charge in [0.1, 0.15) is 0 Å². The van der Waals surface area contributed by atoms with Gasteiger partial charge in [-0.25, -0.2) is 0 Å². The van der Waals surface area contributed by atoms with E-state index in [1.54, 1.807) is 11.8 Å². The maximum Gasteiger partial charge on any atom is 0.265 e. The summed E-state index contributed by atoms with van der Waals surface area (Å²) in [6.45, 7) is 0. The van der Waals surface area contributed by atoms with Crippen molar-refractivity contribution in [2.24, 2.45) is 0 Å². The highest BCUT2D eigenvalue weighted by molar-refractivity contribution is 8.08. The van der Waals surface area contributed by atoms with Crippen molar-refractivity contribution < 1.29 is 9.59 Å². The Morgan fingerprint density at radius 1 is 0.850 bits per heavy atom. The van der Waals surface area contributed by atoms with Gasteiger partial charge in [0.15, 0.2) is 0 Å². The summed E-state index contributed by atoms with van der Waals surface area (Å²) in [5, 5.41) is 2.90. The summed E-state index contributed by atoms with van der Waals surface area (Å²) in [5.74, 6) is -0.411. The van der Waals surface area contributed by atoms with Crippen LogP contribution >= 0.6 is 23.5 Å². The van der Waals surface area contributed by atoms with Crippen LogP contribution in [0.1, 0.15) is 57.8 Å². The molecule has 0 atom stereocenters. The van der Waals surface area contributed by atoms with Crippen LogP contribution in [0.15, 0.2) is 9.81 Å². The fourth-order valence-corrected chi connectivity index (χ4v) is 4.94. The molecule has 0 radical (unpaired) electrons. The van der Waals surface area contributed by atoms with E-state index in [1.165, 1.54) is 56.7 Å². The molecule has 0 saturated heterocycles. The second kappa shape index (κ2) is 8.13. The molecule has 2 amide bonds. The van der Waals surface area contributed by atoms with Crippen molar-refractivity contribution in [1.29, 1.82) is 0 Å². The molecule has 0 aromatic carbocycles. The van der Waals surface area contributed by atoms with Crippen LogP contribution in [0.2, 0.25) is 0 Å². The molecule has 5 heteroatoms. The van der Waals surface area contributed by atoms with Crippen molar-refractivity contribution in [3.8, 4) is 0 Å². The zero-order valence-corrected chi connectivity index (χ0v) is 13.7. The van der Waals surface area contributed by atoms with E-state index in [4.69, 9.17) is 0 Å². The summed E-state index contributed by atoms with van der Waals surface area (Å²) < 4.78 is 0. The molecule has 20 heavy (non-hydrogen) atoms. The minimum Gasteiger partial charge on any atom is -0.287 e. The number of hydrogen-bond donors (Lipinski definition) is 1. The van der Waals surface area contributed by atoms with Gasteiger partial charge >= 0.3 is 0 Å². The normalized spacial score (nSPS) is 23.1. The number of imide groups is 1. The van der Waals surface area contributed by atoms with Crippen molar-refractivity contribution in [1.82, 2.24) is 5.32 Å². The molecule has 1 aliphatic carbocycles. The Labute approximate surface area is 129 Å². The number of thioether (sulfide) groups is 2. The van der Waals surface area contributed by atoms with E-state index in [-0.39, 0.29) is 11.8 Å². The molecule has 1 fully saturated rings. The summed E-state index contributed by atoms with van der Waals surface area (Å²) in [6.07, 6.45) is 13.3. The van der Waals surface area contributed by atoms with Crippen molar-refractivity contribution in [3.05, 3.63) is 9.81 Å². The van der Waals surface area contributed by atoms with Crippen LogP contribution in [0.25, 0.3) is 0 Å².